The lowest BCUT2D eigenvalue weighted by Gasteiger charge is -2.48. The zero-order valence-electron chi connectivity index (χ0n) is 18.0. The summed E-state index contributed by atoms with van der Waals surface area (Å²) in [6, 6.07) is 12.8. The lowest BCUT2D eigenvalue weighted by Crippen LogP contribution is -2.68. The standard InChI is InChI=1S/C24H26N2O5/c1-16-8-9-17(2)18(14-16)15-31-23(29)24-11-10-21(27)26(24)20-7-5-4-6-19(20)22(28)25(24)12-13-30-3/h4-9,14H,10-13,15H2,1-3H3/t24-/m1/s1. The maximum Gasteiger partial charge on any atom is 0.354 e. The van der Waals surface area contributed by atoms with Crippen molar-refractivity contribution < 1.29 is 23.9 Å². The molecule has 7 nitrogen and oxygen atoms in total. The van der Waals surface area contributed by atoms with Crippen LogP contribution in [0.3, 0.4) is 0 Å². The lowest BCUT2D eigenvalue weighted by molar-refractivity contribution is -0.159. The number of ether oxygens (including phenoxy) is 2. The minimum Gasteiger partial charge on any atom is -0.458 e. The zero-order chi connectivity index (χ0) is 22.2. The van der Waals surface area contributed by atoms with Gasteiger partial charge in [-0.3, -0.25) is 14.5 Å². The van der Waals surface area contributed by atoms with Crippen molar-refractivity contribution in [3.8, 4) is 0 Å². The number of hydrogen-bond donors (Lipinski definition) is 0. The molecule has 162 valence electrons. The maximum atomic E-state index is 13.6. The molecule has 2 aromatic carbocycles. The Morgan fingerprint density at radius 2 is 1.90 bits per heavy atom. The number of carbonyl (C=O) groups excluding carboxylic acids is 3. The predicted molar refractivity (Wildman–Crippen MR) is 115 cm³/mol. The number of amides is 2. The van der Waals surface area contributed by atoms with E-state index in [0.29, 0.717) is 11.3 Å². The number of methoxy groups -OCH3 is 1. The molecule has 7 heteroatoms. The number of fused-ring (bicyclic) bond motifs is 3. The smallest absolute Gasteiger partial charge is 0.354 e. The molecule has 2 heterocycles. The Hall–Kier alpha value is -3.19. The second-order valence-electron chi connectivity index (χ2n) is 8.02. The summed E-state index contributed by atoms with van der Waals surface area (Å²) in [7, 11) is 1.53. The van der Waals surface area contributed by atoms with Crippen molar-refractivity contribution in [3.05, 3.63) is 64.7 Å². The van der Waals surface area contributed by atoms with E-state index in [2.05, 4.69) is 0 Å². The number of rotatable bonds is 6. The van der Waals surface area contributed by atoms with Crippen LogP contribution < -0.4 is 4.90 Å². The van der Waals surface area contributed by atoms with E-state index in [9.17, 15) is 14.4 Å². The van der Waals surface area contributed by atoms with Gasteiger partial charge in [0.2, 0.25) is 11.6 Å². The molecule has 1 atom stereocenters. The minimum atomic E-state index is -1.50. The second-order valence-corrected chi connectivity index (χ2v) is 8.02. The van der Waals surface area contributed by atoms with Crippen LogP contribution in [0.15, 0.2) is 42.5 Å². The quantitative estimate of drug-likeness (QED) is 0.669. The summed E-state index contributed by atoms with van der Waals surface area (Å²) in [5, 5.41) is 0. The first-order valence-corrected chi connectivity index (χ1v) is 10.4. The minimum absolute atomic E-state index is 0.0735. The number of aryl methyl sites for hydroxylation is 2. The van der Waals surface area contributed by atoms with Gasteiger partial charge in [0.25, 0.3) is 5.91 Å². The van der Waals surface area contributed by atoms with E-state index in [0.717, 1.165) is 16.7 Å². The first-order chi connectivity index (χ1) is 14.9. The summed E-state index contributed by atoms with van der Waals surface area (Å²) in [5.41, 5.74) is 2.32. The number of para-hydroxylation sites is 1. The molecule has 1 saturated heterocycles. The molecule has 0 bridgehead atoms. The number of anilines is 1. The van der Waals surface area contributed by atoms with Crippen LogP contribution in [0.2, 0.25) is 0 Å². The molecule has 2 aliphatic heterocycles. The Morgan fingerprint density at radius 1 is 1.13 bits per heavy atom. The highest BCUT2D eigenvalue weighted by atomic mass is 16.5. The van der Waals surface area contributed by atoms with Crippen LogP contribution in [0.4, 0.5) is 5.69 Å². The van der Waals surface area contributed by atoms with Crippen LogP contribution in [0.25, 0.3) is 0 Å². The number of benzene rings is 2. The Balaban J connectivity index is 1.74. The number of hydrogen-bond acceptors (Lipinski definition) is 5. The van der Waals surface area contributed by atoms with E-state index in [-0.39, 0.29) is 44.4 Å². The van der Waals surface area contributed by atoms with Crippen molar-refractivity contribution in [2.75, 3.05) is 25.2 Å². The van der Waals surface area contributed by atoms with Crippen LogP contribution in [0.1, 0.15) is 39.9 Å². The molecule has 0 spiro atoms. The fourth-order valence-electron chi connectivity index (χ4n) is 4.45. The highest BCUT2D eigenvalue weighted by molar-refractivity contribution is 6.15. The average molecular weight is 422 g/mol. The fourth-order valence-corrected chi connectivity index (χ4v) is 4.45. The van der Waals surface area contributed by atoms with Gasteiger partial charge in [-0.05, 0) is 37.1 Å². The van der Waals surface area contributed by atoms with Crippen LogP contribution in [-0.2, 0) is 25.7 Å². The summed E-state index contributed by atoms with van der Waals surface area (Å²) in [6.45, 7) is 4.42. The summed E-state index contributed by atoms with van der Waals surface area (Å²) >= 11 is 0. The van der Waals surface area contributed by atoms with Gasteiger partial charge in [-0.1, -0.05) is 35.9 Å². The topological polar surface area (TPSA) is 76.2 Å². The van der Waals surface area contributed by atoms with Gasteiger partial charge in [0.1, 0.15) is 6.61 Å². The van der Waals surface area contributed by atoms with Crippen molar-refractivity contribution >= 4 is 23.5 Å². The predicted octanol–water partition coefficient (Wildman–Crippen LogP) is 2.97. The molecule has 0 saturated carbocycles. The summed E-state index contributed by atoms with van der Waals surface area (Å²) in [6.07, 6.45) is 0.338. The average Bonchev–Trinajstić information content (AvgIpc) is 3.12. The third-order valence-electron chi connectivity index (χ3n) is 6.08. The van der Waals surface area contributed by atoms with Crippen LogP contribution in [0.5, 0.6) is 0 Å². The Morgan fingerprint density at radius 3 is 2.68 bits per heavy atom. The number of carbonyl (C=O) groups is 3. The largest absolute Gasteiger partial charge is 0.458 e. The van der Waals surface area contributed by atoms with Crippen LogP contribution >= 0.6 is 0 Å². The SMILES string of the molecule is COCCN1C(=O)c2ccccc2N2C(=O)CC[C@@]12C(=O)OCc1cc(C)ccc1C. The van der Waals surface area contributed by atoms with Crippen LogP contribution in [-0.4, -0.2) is 48.6 Å². The molecule has 2 aromatic rings. The van der Waals surface area contributed by atoms with E-state index in [1.54, 1.807) is 24.3 Å². The van der Waals surface area contributed by atoms with Crippen molar-refractivity contribution in [2.45, 2.75) is 39.0 Å². The summed E-state index contributed by atoms with van der Waals surface area (Å²) < 4.78 is 11.0. The molecule has 0 aliphatic carbocycles. The molecule has 0 radical (unpaired) electrons. The van der Waals surface area contributed by atoms with E-state index in [1.165, 1.54) is 16.9 Å². The molecule has 4 rings (SSSR count). The molecule has 1 fully saturated rings. The van der Waals surface area contributed by atoms with Crippen molar-refractivity contribution in [1.82, 2.24) is 4.90 Å². The van der Waals surface area contributed by atoms with Gasteiger partial charge in [-0.2, -0.15) is 0 Å². The van der Waals surface area contributed by atoms with Crippen LogP contribution in [0, 0.1) is 13.8 Å². The monoisotopic (exact) mass is 422 g/mol. The zero-order valence-corrected chi connectivity index (χ0v) is 18.0. The van der Waals surface area contributed by atoms with Gasteiger partial charge in [-0.25, -0.2) is 4.79 Å². The van der Waals surface area contributed by atoms with E-state index < -0.39 is 11.6 Å². The fraction of sp³-hybridized carbons (Fsp3) is 0.375. The highest BCUT2D eigenvalue weighted by Gasteiger charge is 2.61. The third kappa shape index (κ3) is 3.39. The van der Waals surface area contributed by atoms with Gasteiger partial charge in [0.05, 0.1) is 17.9 Å². The Labute approximate surface area is 181 Å². The van der Waals surface area contributed by atoms with E-state index in [4.69, 9.17) is 9.47 Å². The lowest BCUT2D eigenvalue weighted by atomic mass is 9.96. The normalized spacial score (nSPS) is 20.0. The molecule has 0 aromatic heterocycles. The number of nitrogens with zero attached hydrogens (tertiary/aromatic N) is 2. The maximum absolute atomic E-state index is 13.6. The molecule has 0 unspecified atom stereocenters. The Kier molecular flexibility index (Phi) is 5.54. The van der Waals surface area contributed by atoms with E-state index in [1.807, 2.05) is 32.0 Å². The van der Waals surface area contributed by atoms with E-state index >= 15 is 0 Å². The Bertz CT molecular complexity index is 1050. The molecule has 31 heavy (non-hydrogen) atoms. The molecule has 2 aliphatic rings. The number of esters is 1. The summed E-state index contributed by atoms with van der Waals surface area (Å²) in [4.78, 5) is 42.8. The first-order valence-electron chi connectivity index (χ1n) is 10.4. The molecular formula is C24H26N2O5. The van der Waals surface area contributed by atoms with Gasteiger partial charge in [0, 0.05) is 26.5 Å². The summed E-state index contributed by atoms with van der Waals surface area (Å²) in [5.74, 6) is -1.11. The van der Waals surface area contributed by atoms with Crippen molar-refractivity contribution in [2.24, 2.45) is 0 Å². The van der Waals surface area contributed by atoms with Gasteiger partial charge in [-0.15, -0.1) is 0 Å². The third-order valence-corrected chi connectivity index (χ3v) is 6.08. The van der Waals surface area contributed by atoms with Crippen molar-refractivity contribution in [3.63, 3.8) is 0 Å². The highest BCUT2D eigenvalue weighted by Crippen LogP contribution is 2.45. The second kappa shape index (κ2) is 8.15. The van der Waals surface area contributed by atoms with Gasteiger partial charge >= 0.3 is 5.97 Å². The molecule has 0 N–H and O–H groups in total. The molecule has 2 amide bonds. The first kappa shape index (κ1) is 21.1. The molecular weight excluding hydrogens is 396 g/mol. The van der Waals surface area contributed by atoms with Gasteiger partial charge < -0.3 is 14.4 Å². The van der Waals surface area contributed by atoms with Crippen molar-refractivity contribution in [1.29, 1.82) is 0 Å². The van der Waals surface area contributed by atoms with Gasteiger partial charge in [0.15, 0.2) is 0 Å².